The van der Waals surface area contributed by atoms with Gasteiger partial charge in [-0.25, -0.2) is 0 Å². The molecule has 1 aliphatic heterocycles. The molecule has 0 amide bonds. The monoisotopic (exact) mass is 334 g/mol. The highest BCUT2D eigenvalue weighted by molar-refractivity contribution is 8.71. The van der Waals surface area contributed by atoms with Crippen LogP contribution in [0, 0.1) is 0 Å². The molecule has 3 rings (SSSR count). The Morgan fingerprint density at radius 3 is 2.48 bits per heavy atom. The van der Waals surface area contributed by atoms with Crippen molar-refractivity contribution in [2.75, 3.05) is 12.9 Å². The molecule has 108 valence electrons. The van der Waals surface area contributed by atoms with E-state index in [-0.39, 0.29) is 0 Å². The van der Waals surface area contributed by atoms with Gasteiger partial charge in [-0.15, -0.1) is 0 Å². The van der Waals surface area contributed by atoms with Gasteiger partial charge in [0.15, 0.2) is 5.47 Å². The molecule has 0 fully saturated rings. The molecule has 1 unspecified atom stereocenters. The molecule has 5 heteroatoms. The summed E-state index contributed by atoms with van der Waals surface area (Å²) in [5, 5.41) is 1.07. The van der Waals surface area contributed by atoms with Crippen LogP contribution < -0.4 is 10.0 Å². The van der Waals surface area contributed by atoms with Crippen LogP contribution in [0.1, 0.15) is 5.56 Å². The standard InChI is InChI=1S/C16H15O2PS2/c1-17-14-7-9-15(10-8-14)19(20)18-16(11-12-21-19)13-5-3-2-4-6-13/h2-11H,12H2,1H3. The zero-order valence-corrected chi connectivity index (χ0v) is 14.1. The van der Waals surface area contributed by atoms with Crippen molar-refractivity contribution in [3.05, 3.63) is 66.2 Å². The lowest BCUT2D eigenvalue weighted by molar-refractivity contribution is 0.415. The van der Waals surface area contributed by atoms with E-state index < -0.39 is 5.47 Å². The number of rotatable bonds is 3. The van der Waals surface area contributed by atoms with E-state index in [1.165, 1.54) is 0 Å². The number of hydrogen-bond acceptors (Lipinski definition) is 4. The second-order valence-electron chi connectivity index (χ2n) is 4.52. The van der Waals surface area contributed by atoms with Gasteiger partial charge in [-0.2, -0.15) is 0 Å². The Morgan fingerprint density at radius 1 is 1.10 bits per heavy atom. The Balaban J connectivity index is 1.89. The third-order valence-electron chi connectivity index (χ3n) is 3.18. The average Bonchev–Trinajstić information content (AvgIpc) is 2.56. The lowest BCUT2D eigenvalue weighted by Crippen LogP contribution is -2.08. The topological polar surface area (TPSA) is 18.5 Å². The number of ether oxygens (including phenoxy) is 1. The van der Waals surface area contributed by atoms with Crippen molar-refractivity contribution < 1.29 is 9.26 Å². The fraction of sp³-hybridized carbons (Fsp3) is 0.125. The van der Waals surface area contributed by atoms with Gasteiger partial charge in [0.25, 0.3) is 0 Å². The molecule has 0 N–H and O–H groups in total. The molecule has 2 aromatic rings. The first kappa shape index (κ1) is 14.7. The summed E-state index contributed by atoms with van der Waals surface area (Å²) in [7, 11) is 1.66. The van der Waals surface area contributed by atoms with E-state index in [9.17, 15) is 0 Å². The zero-order valence-electron chi connectivity index (χ0n) is 11.6. The van der Waals surface area contributed by atoms with Crippen LogP contribution in [0.5, 0.6) is 5.75 Å². The Bertz CT molecular complexity index is 696. The van der Waals surface area contributed by atoms with Crippen molar-refractivity contribution >= 4 is 39.7 Å². The molecule has 2 nitrogen and oxygen atoms in total. The van der Waals surface area contributed by atoms with E-state index in [4.69, 9.17) is 21.1 Å². The van der Waals surface area contributed by atoms with Gasteiger partial charge in [0.1, 0.15) is 11.5 Å². The summed E-state index contributed by atoms with van der Waals surface area (Å²) in [6.45, 7) is 0. The first-order chi connectivity index (χ1) is 10.2. The van der Waals surface area contributed by atoms with E-state index in [1.807, 2.05) is 42.5 Å². The van der Waals surface area contributed by atoms with Crippen molar-refractivity contribution in [2.45, 2.75) is 0 Å². The van der Waals surface area contributed by atoms with Gasteiger partial charge in [-0.3, -0.25) is 0 Å². The zero-order chi connectivity index (χ0) is 14.7. The van der Waals surface area contributed by atoms with E-state index in [0.29, 0.717) is 0 Å². The fourth-order valence-corrected chi connectivity index (χ4v) is 6.93. The van der Waals surface area contributed by atoms with Crippen LogP contribution in [0.3, 0.4) is 0 Å². The van der Waals surface area contributed by atoms with Crippen molar-refractivity contribution in [3.63, 3.8) is 0 Å². The molecule has 0 saturated heterocycles. The first-order valence-electron chi connectivity index (χ1n) is 6.56. The molecular formula is C16H15O2PS2. The lowest BCUT2D eigenvalue weighted by atomic mass is 10.2. The van der Waals surface area contributed by atoms with Gasteiger partial charge in [0.05, 0.1) is 7.11 Å². The summed E-state index contributed by atoms with van der Waals surface area (Å²) in [4.78, 5) is 0. The summed E-state index contributed by atoms with van der Waals surface area (Å²) in [6.07, 6.45) is 2.11. The van der Waals surface area contributed by atoms with Crippen molar-refractivity contribution in [2.24, 2.45) is 0 Å². The third kappa shape index (κ3) is 3.18. The third-order valence-corrected chi connectivity index (χ3v) is 9.33. The highest BCUT2D eigenvalue weighted by atomic mass is 32.9. The van der Waals surface area contributed by atoms with Gasteiger partial charge in [0.2, 0.25) is 0 Å². The van der Waals surface area contributed by atoms with Crippen molar-refractivity contribution in [3.8, 4) is 5.75 Å². The van der Waals surface area contributed by atoms with E-state index in [1.54, 1.807) is 18.5 Å². The molecule has 0 radical (unpaired) electrons. The lowest BCUT2D eigenvalue weighted by Gasteiger charge is -2.28. The number of hydrogen-bond donors (Lipinski definition) is 0. The normalized spacial score (nSPS) is 21.3. The van der Waals surface area contributed by atoms with Gasteiger partial charge >= 0.3 is 0 Å². The van der Waals surface area contributed by atoms with Crippen LogP contribution in [0.4, 0.5) is 0 Å². The summed E-state index contributed by atoms with van der Waals surface area (Å²) in [5.74, 6) is 2.61. The SMILES string of the molecule is COc1ccc(P2(=S)OC(c3ccccc3)=CCS2)cc1. The second kappa shape index (κ2) is 6.27. The maximum Gasteiger partial charge on any atom is 0.196 e. The Morgan fingerprint density at radius 2 is 1.81 bits per heavy atom. The van der Waals surface area contributed by atoms with Crippen molar-refractivity contribution in [1.29, 1.82) is 0 Å². The minimum Gasteiger partial charge on any atom is -0.497 e. The highest BCUT2D eigenvalue weighted by Crippen LogP contribution is 2.63. The molecule has 0 aliphatic carbocycles. The summed E-state index contributed by atoms with van der Waals surface area (Å²) in [5.41, 5.74) is -1.01. The molecule has 0 aromatic heterocycles. The molecule has 1 atom stereocenters. The Hall–Kier alpha value is -1.22. The van der Waals surface area contributed by atoms with Gasteiger partial charge in [0, 0.05) is 16.6 Å². The van der Waals surface area contributed by atoms with Gasteiger partial charge in [-0.05, 0) is 42.1 Å². The quantitative estimate of drug-likeness (QED) is 0.773. The minimum atomic E-state index is -2.09. The van der Waals surface area contributed by atoms with Gasteiger partial charge in [-0.1, -0.05) is 41.7 Å². The Labute approximate surface area is 134 Å². The number of benzene rings is 2. The summed E-state index contributed by atoms with van der Waals surface area (Å²) in [6, 6.07) is 18.0. The predicted octanol–water partition coefficient (Wildman–Crippen LogP) is 4.43. The van der Waals surface area contributed by atoms with Crippen LogP contribution >= 0.6 is 16.8 Å². The molecule has 1 heterocycles. The smallest absolute Gasteiger partial charge is 0.196 e. The maximum absolute atomic E-state index is 6.23. The molecule has 21 heavy (non-hydrogen) atoms. The molecule has 2 aromatic carbocycles. The minimum absolute atomic E-state index is 0.834. The van der Waals surface area contributed by atoms with Crippen LogP contribution in [0.25, 0.3) is 5.76 Å². The van der Waals surface area contributed by atoms with E-state index in [2.05, 4.69) is 18.2 Å². The second-order valence-corrected chi connectivity index (χ2v) is 11.4. The molecule has 0 bridgehead atoms. The predicted molar refractivity (Wildman–Crippen MR) is 94.9 cm³/mol. The molecular weight excluding hydrogens is 319 g/mol. The van der Waals surface area contributed by atoms with Crippen molar-refractivity contribution in [1.82, 2.24) is 0 Å². The Kier molecular flexibility index (Phi) is 4.39. The summed E-state index contributed by atoms with van der Waals surface area (Å²) >= 11 is 7.56. The number of methoxy groups -OCH3 is 1. The van der Waals surface area contributed by atoms with Crippen LogP contribution in [0.2, 0.25) is 0 Å². The molecule has 1 aliphatic rings. The van der Waals surface area contributed by atoms with Crippen LogP contribution in [0.15, 0.2) is 60.7 Å². The molecule has 0 saturated carbocycles. The fourth-order valence-electron chi connectivity index (χ4n) is 2.07. The maximum atomic E-state index is 6.23. The van der Waals surface area contributed by atoms with Gasteiger partial charge < -0.3 is 9.26 Å². The van der Waals surface area contributed by atoms with Crippen LogP contribution in [-0.4, -0.2) is 12.9 Å². The summed E-state index contributed by atoms with van der Waals surface area (Å²) < 4.78 is 11.4. The highest BCUT2D eigenvalue weighted by Gasteiger charge is 2.27. The largest absolute Gasteiger partial charge is 0.497 e. The van der Waals surface area contributed by atoms with E-state index in [0.717, 1.165) is 28.1 Å². The first-order valence-corrected chi connectivity index (χ1v) is 10.9. The molecule has 0 spiro atoms. The average molecular weight is 334 g/mol. The van der Waals surface area contributed by atoms with Crippen LogP contribution in [-0.2, 0) is 16.3 Å². The van der Waals surface area contributed by atoms with E-state index >= 15 is 0 Å².